The maximum Gasteiger partial charge on any atom is 0.242 e. The van der Waals surface area contributed by atoms with Gasteiger partial charge in [-0.05, 0) is 33.1 Å². The molecule has 0 aromatic rings. The largest absolute Gasteiger partial charge is 0.339 e. The van der Waals surface area contributed by atoms with Crippen LogP contribution >= 0.6 is 0 Å². The van der Waals surface area contributed by atoms with Gasteiger partial charge in [0, 0.05) is 12.6 Å². The van der Waals surface area contributed by atoms with E-state index in [1.807, 2.05) is 4.90 Å². The molecule has 1 amide bonds. The van der Waals surface area contributed by atoms with Crippen molar-refractivity contribution >= 4 is 5.91 Å². The summed E-state index contributed by atoms with van der Waals surface area (Å²) in [5.74, 6) is 0.164. The van der Waals surface area contributed by atoms with Gasteiger partial charge in [-0.2, -0.15) is 0 Å². The molecule has 1 aliphatic rings. The van der Waals surface area contributed by atoms with Crippen LogP contribution in [0.25, 0.3) is 0 Å². The van der Waals surface area contributed by atoms with Gasteiger partial charge in [-0.3, -0.25) is 4.79 Å². The number of nitrogens with zero attached hydrogens (tertiary/aromatic N) is 1. The van der Waals surface area contributed by atoms with Crippen LogP contribution in [-0.4, -0.2) is 28.9 Å². The third-order valence-electron chi connectivity index (χ3n) is 3.27. The highest BCUT2D eigenvalue weighted by Crippen LogP contribution is 2.29. The van der Waals surface area contributed by atoms with Gasteiger partial charge in [-0.25, -0.2) is 0 Å². The lowest BCUT2D eigenvalue weighted by Crippen LogP contribution is -2.55. The van der Waals surface area contributed by atoms with E-state index in [4.69, 9.17) is 5.73 Å². The summed E-state index contributed by atoms with van der Waals surface area (Å²) in [5, 5.41) is 0. The van der Waals surface area contributed by atoms with Gasteiger partial charge in [0.25, 0.3) is 0 Å². The lowest BCUT2D eigenvalue weighted by atomic mass is 9.96. The Morgan fingerprint density at radius 1 is 1.40 bits per heavy atom. The van der Waals surface area contributed by atoms with Crippen molar-refractivity contribution in [1.29, 1.82) is 0 Å². The normalized spacial score (nSPS) is 19.5. The Morgan fingerprint density at radius 3 is 2.33 bits per heavy atom. The number of hydrogen-bond acceptors (Lipinski definition) is 2. The van der Waals surface area contributed by atoms with Crippen molar-refractivity contribution in [1.82, 2.24) is 4.90 Å². The molecule has 3 nitrogen and oxygen atoms in total. The van der Waals surface area contributed by atoms with Crippen LogP contribution in [0.3, 0.4) is 0 Å². The highest BCUT2D eigenvalue weighted by Gasteiger charge is 2.40. The molecule has 2 N–H and O–H groups in total. The first-order valence-corrected chi connectivity index (χ1v) is 6.11. The fourth-order valence-electron chi connectivity index (χ4n) is 2.34. The second-order valence-corrected chi connectivity index (χ2v) is 4.96. The summed E-state index contributed by atoms with van der Waals surface area (Å²) < 4.78 is 0. The second-order valence-electron chi connectivity index (χ2n) is 4.96. The number of carbonyl (C=O) groups excluding carboxylic acids is 1. The van der Waals surface area contributed by atoms with Gasteiger partial charge in [0.05, 0.1) is 5.54 Å². The van der Waals surface area contributed by atoms with Crippen molar-refractivity contribution in [3.05, 3.63) is 0 Å². The molecule has 0 unspecified atom stereocenters. The average Bonchev–Trinajstić information content (AvgIpc) is 2.61. The van der Waals surface area contributed by atoms with Gasteiger partial charge >= 0.3 is 0 Å². The van der Waals surface area contributed by atoms with Gasteiger partial charge in [0.15, 0.2) is 0 Å². The van der Waals surface area contributed by atoms with Gasteiger partial charge in [0.2, 0.25) is 5.91 Å². The smallest absolute Gasteiger partial charge is 0.242 e. The summed E-state index contributed by atoms with van der Waals surface area (Å²) in [5.41, 5.74) is 5.62. The minimum absolute atomic E-state index is 0.164. The first-order valence-electron chi connectivity index (χ1n) is 6.11. The van der Waals surface area contributed by atoms with E-state index in [1.165, 1.54) is 0 Å². The predicted molar refractivity (Wildman–Crippen MR) is 62.5 cm³/mol. The van der Waals surface area contributed by atoms with Crippen molar-refractivity contribution in [3.63, 3.8) is 0 Å². The van der Waals surface area contributed by atoms with E-state index in [9.17, 15) is 4.79 Å². The minimum atomic E-state index is -0.556. The van der Waals surface area contributed by atoms with E-state index in [0.29, 0.717) is 0 Å². The molecule has 0 radical (unpaired) electrons. The molecular weight excluding hydrogens is 188 g/mol. The molecule has 0 aromatic heterocycles. The Hall–Kier alpha value is -0.570. The Bertz CT molecular complexity index is 220. The minimum Gasteiger partial charge on any atom is -0.339 e. The van der Waals surface area contributed by atoms with E-state index in [2.05, 4.69) is 20.8 Å². The average molecular weight is 212 g/mol. The van der Waals surface area contributed by atoms with Crippen LogP contribution in [0.1, 0.15) is 52.9 Å². The summed E-state index contributed by atoms with van der Waals surface area (Å²) in [4.78, 5) is 14.2. The maximum absolute atomic E-state index is 12.3. The summed E-state index contributed by atoms with van der Waals surface area (Å²) in [7, 11) is 0. The Morgan fingerprint density at radius 2 is 1.93 bits per heavy atom. The molecule has 0 spiro atoms. The van der Waals surface area contributed by atoms with Crippen molar-refractivity contribution < 1.29 is 4.79 Å². The first kappa shape index (κ1) is 12.5. The van der Waals surface area contributed by atoms with Crippen LogP contribution in [-0.2, 0) is 4.79 Å². The number of carbonyl (C=O) groups is 1. The van der Waals surface area contributed by atoms with Crippen molar-refractivity contribution in [3.8, 4) is 0 Å². The van der Waals surface area contributed by atoms with Crippen molar-refractivity contribution in [2.45, 2.75) is 64.5 Å². The van der Waals surface area contributed by atoms with Gasteiger partial charge in [0.1, 0.15) is 0 Å². The lowest BCUT2D eigenvalue weighted by Gasteiger charge is -2.34. The SMILES string of the molecule is CCCN(C(=O)C1(N)CCCC1)C(C)C. The van der Waals surface area contributed by atoms with E-state index >= 15 is 0 Å². The van der Waals surface area contributed by atoms with Crippen LogP contribution in [0, 0.1) is 0 Å². The van der Waals surface area contributed by atoms with Crippen molar-refractivity contribution in [2.24, 2.45) is 5.73 Å². The summed E-state index contributed by atoms with van der Waals surface area (Å²) in [6.07, 6.45) is 4.91. The Kier molecular flexibility index (Phi) is 4.14. The first-order chi connectivity index (χ1) is 7.01. The number of amides is 1. The quantitative estimate of drug-likeness (QED) is 0.773. The van der Waals surface area contributed by atoms with Crippen molar-refractivity contribution in [2.75, 3.05) is 6.54 Å². The molecule has 0 saturated heterocycles. The molecule has 0 bridgehead atoms. The molecule has 0 aromatic carbocycles. The molecule has 1 rings (SSSR count). The van der Waals surface area contributed by atoms with Crippen LogP contribution in [0.2, 0.25) is 0 Å². The molecule has 0 aliphatic heterocycles. The molecule has 88 valence electrons. The molecule has 15 heavy (non-hydrogen) atoms. The molecule has 3 heteroatoms. The van der Waals surface area contributed by atoms with E-state index in [0.717, 1.165) is 38.6 Å². The van der Waals surface area contributed by atoms with Gasteiger partial charge in [-0.1, -0.05) is 19.8 Å². The Labute approximate surface area is 93.0 Å². The fraction of sp³-hybridized carbons (Fsp3) is 0.917. The number of nitrogens with two attached hydrogens (primary N) is 1. The summed E-state index contributed by atoms with van der Waals surface area (Å²) >= 11 is 0. The summed E-state index contributed by atoms with van der Waals surface area (Å²) in [6, 6.07) is 0.262. The maximum atomic E-state index is 12.3. The summed E-state index contributed by atoms with van der Waals surface area (Å²) in [6.45, 7) is 7.05. The molecule has 1 fully saturated rings. The lowest BCUT2D eigenvalue weighted by molar-refractivity contribution is -0.138. The zero-order valence-electron chi connectivity index (χ0n) is 10.3. The van der Waals surface area contributed by atoms with Gasteiger partial charge < -0.3 is 10.6 Å². The van der Waals surface area contributed by atoms with Crippen LogP contribution in [0.4, 0.5) is 0 Å². The molecule has 0 atom stereocenters. The van der Waals surface area contributed by atoms with E-state index < -0.39 is 5.54 Å². The van der Waals surface area contributed by atoms with Crippen LogP contribution in [0.15, 0.2) is 0 Å². The molecule has 0 heterocycles. The zero-order chi connectivity index (χ0) is 11.5. The van der Waals surface area contributed by atoms with Crippen LogP contribution < -0.4 is 5.73 Å². The van der Waals surface area contributed by atoms with E-state index in [1.54, 1.807) is 0 Å². The van der Waals surface area contributed by atoms with E-state index in [-0.39, 0.29) is 11.9 Å². The highest BCUT2D eigenvalue weighted by atomic mass is 16.2. The molecule has 1 aliphatic carbocycles. The third-order valence-corrected chi connectivity index (χ3v) is 3.27. The number of hydrogen-bond donors (Lipinski definition) is 1. The highest BCUT2D eigenvalue weighted by molar-refractivity contribution is 5.86. The topological polar surface area (TPSA) is 46.3 Å². The molecule has 1 saturated carbocycles. The van der Waals surface area contributed by atoms with Crippen LogP contribution in [0.5, 0.6) is 0 Å². The third kappa shape index (κ3) is 2.71. The second kappa shape index (κ2) is 4.97. The standard InChI is InChI=1S/C12H24N2O/c1-4-9-14(10(2)3)11(15)12(13)7-5-6-8-12/h10H,4-9,13H2,1-3H3. The zero-order valence-corrected chi connectivity index (χ0v) is 10.3. The fourth-order valence-corrected chi connectivity index (χ4v) is 2.34. The molecular formula is C12H24N2O. The predicted octanol–water partition coefficient (Wildman–Crippen LogP) is 1.90. The Balaban J connectivity index is 2.70. The monoisotopic (exact) mass is 212 g/mol. The van der Waals surface area contributed by atoms with Gasteiger partial charge in [-0.15, -0.1) is 0 Å². The number of rotatable bonds is 4.